The Hall–Kier alpha value is -2.73. The van der Waals surface area contributed by atoms with Gasteiger partial charge in [-0.25, -0.2) is 13.4 Å². The Morgan fingerprint density at radius 1 is 1.22 bits per heavy atom. The first-order valence-electron chi connectivity index (χ1n) is 7.52. The summed E-state index contributed by atoms with van der Waals surface area (Å²) >= 11 is 0. The number of sulfonamides is 1. The van der Waals surface area contributed by atoms with Gasteiger partial charge >= 0.3 is 6.18 Å². The van der Waals surface area contributed by atoms with E-state index in [1.165, 1.54) is 12.1 Å². The first-order chi connectivity index (χ1) is 12.6. The monoisotopic (exact) mass is 403 g/mol. The molecule has 0 radical (unpaired) electrons. The molecule has 0 aliphatic carbocycles. The molecule has 0 unspecified atom stereocenters. The quantitative estimate of drug-likeness (QED) is 0.561. The molecule has 8 nitrogen and oxygen atoms in total. The van der Waals surface area contributed by atoms with Crippen molar-refractivity contribution >= 4 is 15.7 Å². The summed E-state index contributed by atoms with van der Waals surface area (Å²) in [5, 5.41) is 11.0. The number of nitro benzene ring substituents is 1. The minimum atomic E-state index is -4.55. The first kappa shape index (κ1) is 19.0. The molecule has 1 saturated heterocycles. The number of pyridine rings is 1. The number of rotatable bonds is 5. The summed E-state index contributed by atoms with van der Waals surface area (Å²) in [5.74, 6) is -0.280. The van der Waals surface area contributed by atoms with Gasteiger partial charge in [-0.1, -0.05) is 12.1 Å². The van der Waals surface area contributed by atoms with Gasteiger partial charge in [0, 0.05) is 18.3 Å². The van der Waals surface area contributed by atoms with Gasteiger partial charge in [0.05, 0.1) is 23.6 Å². The highest BCUT2D eigenvalue weighted by molar-refractivity contribution is 7.89. The van der Waals surface area contributed by atoms with Crippen LogP contribution in [0.2, 0.25) is 0 Å². The normalized spacial score (nSPS) is 16.0. The van der Waals surface area contributed by atoms with Crippen LogP contribution >= 0.6 is 0 Å². The Kier molecular flexibility index (Phi) is 4.78. The maximum absolute atomic E-state index is 12.7. The van der Waals surface area contributed by atoms with E-state index in [9.17, 15) is 31.7 Å². The third-order valence-electron chi connectivity index (χ3n) is 3.84. The van der Waals surface area contributed by atoms with Gasteiger partial charge in [0.1, 0.15) is 6.10 Å². The van der Waals surface area contributed by atoms with Gasteiger partial charge in [0.25, 0.3) is 5.69 Å². The molecule has 1 aromatic heterocycles. The van der Waals surface area contributed by atoms with Crippen LogP contribution < -0.4 is 4.74 Å². The number of hydrogen-bond acceptors (Lipinski definition) is 6. The van der Waals surface area contributed by atoms with Crippen molar-refractivity contribution in [1.29, 1.82) is 0 Å². The lowest BCUT2D eigenvalue weighted by atomic mass is 10.2. The molecule has 1 aliphatic rings. The molecule has 27 heavy (non-hydrogen) atoms. The van der Waals surface area contributed by atoms with Crippen molar-refractivity contribution < 1.29 is 31.2 Å². The highest BCUT2D eigenvalue weighted by atomic mass is 32.2. The van der Waals surface area contributed by atoms with Gasteiger partial charge in [-0.3, -0.25) is 10.1 Å². The summed E-state index contributed by atoms with van der Waals surface area (Å²) in [6, 6.07) is 6.42. The van der Waals surface area contributed by atoms with Crippen LogP contribution in [0.1, 0.15) is 5.56 Å². The van der Waals surface area contributed by atoms with E-state index in [1.807, 2.05) is 0 Å². The topological polar surface area (TPSA) is 103 Å². The van der Waals surface area contributed by atoms with E-state index in [1.54, 1.807) is 0 Å². The molecule has 1 fully saturated rings. The van der Waals surface area contributed by atoms with Crippen molar-refractivity contribution in [3.8, 4) is 5.88 Å². The summed E-state index contributed by atoms with van der Waals surface area (Å²) in [6.45, 7) is -0.321. The molecule has 2 aromatic rings. The first-order valence-corrected chi connectivity index (χ1v) is 8.96. The highest BCUT2D eigenvalue weighted by Crippen LogP contribution is 2.32. The fourth-order valence-corrected chi connectivity index (χ4v) is 4.12. The maximum Gasteiger partial charge on any atom is 0.416 e. The van der Waals surface area contributed by atoms with Crippen LogP contribution in [0.15, 0.2) is 47.5 Å². The SMILES string of the molecule is O=[N+]([O-])c1ccccc1S(=O)(=O)N1CC(Oc2cc(C(F)(F)F)ccn2)C1. The molecular weight excluding hydrogens is 391 g/mol. The van der Waals surface area contributed by atoms with Crippen LogP contribution in [0.25, 0.3) is 0 Å². The van der Waals surface area contributed by atoms with E-state index in [2.05, 4.69) is 4.98 Å². The second-order valence-corrected chi connectivity index (χ2v) is 7.57. The molecule has 1 aliphatic heterocycles. The van der Waals surface area contributed by atoms with E-state index in [4.69, 9.17) is 4.74 Å². The fourth-order valence-electron chi connectivity index (χ4n) is 2.46. The second kappa shape index (κ2) is 6.78. The number of hydrogen-bond donors (Lipinski definition) is 0. The molecular formula is C15H12F3N3O5S. The van der Waals surface area contributed by atoms with E-state index in [-0.39, 0.29) is 19.0 Å². The minimum absolute atomic E-state index is 0.160. The van der Waals surface area contributed by atoms with Crippen molar-refractivity contribution in [2.75, 3.05) is 13.1 Å². The predicted octanol–water partition coefficient (Wildman–Crippen LogP) is 2.46. The van der Waals surface area contributed by atoms with Crippen LogP contribution in [0.5, 0.6) is 5.88 Å². The van der Waals surface area contributed by atoms with Crippen LogP contribution in [0.4, 0.5) is 18.9 Å². The third kappa shape index (κ3) is 3.85. The summed E-state index contributed by atoms with van der Waals surface area (Å²) in [4.78, 5) is 13.4. The Labute approximate surface area is 151 Å². The number of benzene rings is 1. The predicted molar refractivity (Wildman–Crippen MR) is 85.5 cm³/mol. The third-order valence-corrected chi connectivity index (χ3v) is 5.72. The van der Waals surface area contributed by atoms with Crippen LogP contribution in [0.3, 0.4) is 0 Å². The smallest absolute Gasteiger partial charge is 0.416 e. The van der Waals surface area contributed by atoms with Crippen LogP contribution in [-0.2, 0) is 16.2 Å². The van der Waals surface area contributed by atoms with E-state index >= 15 is 0 Å². The number of halogens is 3. The summed E-state index contributed by atoms with van der Waals surface area (Å²) in [6.07, 6.45) is -4.32. The molecule has 0 amide bonds. The average Bonchev–Trinajstić information content (AvgIpc) is 2.57. The largest absolute Gasteiger partial charge is 0.472 e. The number of nitrogens with zero attached hydrogens (tertiary/aromatic N) is 3. The number of aromatic nitrogens is 1. The van der Waals surface area contributed by atoms with E-state index < -0.39 is 43.4 Å². The van der Waals surface area contributed by atoms with Gasteiger partial charge in [0.15, 0.2) is 4.90 Å². The molecule has 0 N–H and O–H groups in total. The lowest BCUT2D eigenvalue weighted by Crippen LogP contribution is -2.56. The van der Waals surface area contributed by atoms with E-state index in [0.29, 0.717) is 0 Å². The second-order valence-electron chi connectivity index (χ2n) is 5.67. The lowest BCUT2D eigenvalue weighted by Gasteiger charge is -2.37. The van der Waals surface area contributed by atoms with Crippen LogP contribution in [-0.4, -0.2) is 41.8 Å². The van der Waals surface area contributed by atoms with Gasteiger partial charge < -0.3 is 4.74 Å². The van der Waals surface area contributed by atoms with Crippen molar-refractivity contribution in [1.82, 2.24) is 9.29 Å². The molecule has 3 rings (SSSR count). The average molecular weight is 403 g/mol. The van der Waals surface area contributed by atoms with Gasteiger partial charge in [-0.15, -0.1) is 0 Å². The van der Waals surface area contributed by atoms with Crippen molar-refractivity contribution in [2.24, 2.45) is 0 Å². The highest BCUT2D eigenvalue weighted by Gasteiger charge is 2.41. The zero-order valence-electron chi connectivity index (χ0n) is 13.5. The Morgan fingerprint density at radius 3 is 2.52 bits per heavy atom. The Bertz CT molecular complexity index is 975. The Balaban J connectivity index is 1.70. The zero-order valence-corrected chi connectivity index (χ0v) is 14.3. The number of nitro groups is 1. The molecule has 1 aromatic carbocycles. The molecule has 2 heterocycles. The number of ether oxygens (including phenoxy) is 1. The molecule has 0 bridgehead atoms. The summed E-state index contributed by atoms with van der Waals surface area (Å²) in [5.41, 5.74) is -1.49. The molecule has 0 atom stereocenters. The zero-order chi connectivity index (χ0) is 19.8. The number of para-hydroxylation sites is 1. The fraction of sp³-hybridized carbons (Fsp3) is 0.267. The van der Waals surface area contributed by atoms with Gasteiger partial charge in [-0.05, 0) is 12.1 Å². The number of alkyl halides is 3. The maximum atomic E-state index is 12.7. The minimum Gasteiger partial charge on any atom is -0.472 e. The van der Waals surface area contributed by atoms with Crippen molar-refractivity contribution in [3.63, 3.8) is 0 Å². The lowest BCUT2D eigenvalue weighted by molar-refractivity contribution is -0.387. The van der Waals surface area contributed by atoms with Crippen molar-refractivity contribution in [2.45, 2.75) is 17.2 Å². The van der Waals surface area contributed by atoms with Gasteiger partial charge in [0.2, 0.25) is 15.9 Å². The van der Waals surface area contributed by atoms with Crippen molar-refractivity contribution in [3.05, 3.63) is 58.3 Å². The van der Waals surface area contributed by atoms with E-state index in [0.717, 1.165) is 34.8 Å². The standard InChI is InChI=1S/C15H12F3N3O5S/c16-15(17,18)10-5-6-19-14(7-10)26-11-8-20(9-11)27(24,25)13-4-2-1-3-12(13)21(22)23/h1-7,11H,8-9H2. The van der Waals surface area contributed by atoms with Crippen LogP contribution in [0, 0.1) is 10.1 Å². The molecule has 144 valence electrons. The molecule has 0 spiro atoms. The molecule has 12 heteroatoms. The summed E-state index contributed by atoms with van der Waals surface area (Å²) in [7, 11) is -4.12. The summed E-state index contributed by atoms with van der Waals surface area (Å²) < 4.78 is 69.3. The van der Waals surface area contributed by atoms with Gasteiger partial charge in [-0.2, -0.15) is 17.5 Å². The molecule has 0 saturated carbocycles. The Morgan fingerprint density at radius 2 is 1.89 bits per heavy atom.